The molecular weight excluding hydrogens is 340 g/mol. The molecular formula is C22H30N2O3. The summed E-state index contributed by atoms with van der Waals surface area (Å²) in [6, 6.07) is 3.92. The maximum atomic E-state index is 13.0. The number of ether oxygens (including phenoxy) is 1. The predicted molar refractivity (Wildman–Crippen MR) is 107 cm³/mol. The monoisotopic (exact) mass is 370 g/mol. The van der Waals surface area contributed by atoms with Gasteiger partial charge in [0.05, 0.1) is 13.3 Å². The smallest absolute Gasteiger partial charge is 0.160 e. The summed E-state index contributed by atoms with van der Waals surface area (Å²) >= 11 is 0. The van der Waals surface area contributed by atoms with Gasteiger partial charge in [-0.15, -0.1) is 0 Å². The maximum Gasteiger partial charge on any atom is 0.160 e. The summed E-state index contributed by atoms with van der Waals surface area (Å²) < 4.78 is 5.45. The largest absolute Gasteiger partial charge is 0.496 e. The van der Waals surface area contributed by atoms with Crippen LogP contribution in [-0.4, -0.2) is 29.9 Å². The van der Waals surface area contributed by atoms with Gasteiger partial charge in [-0.2, -0.15) is 0 Å². The minimum absolute atomic E-state index is 0.131. The Kier molecular flexibility index (Phi) is 5.88. The van der Waals surface area contributed by atoms with Gasteiger partial charge in [-0.05, 0) is 50.8 Å². The minimum Gasteiger partial charge on any atom is -0.496 e. The number of carbonyl (C=O) groups excluding carboxylic acids is 1. The Labute approximate surface area is 161 Å². The summed E-state index contributed by atoms with van der Waals surface area (Å²) in [6.45, 7) is 4.27. The highest BCUT2D eigenvalue weighted by molar-refractivity contribution is 5.99. The van der Waals surface area contributed by atoms with Gasteiger partial charge in [-0.25, -0.2) is 0 Å². The number of oxime groups is 1. The first kappa shape index (κ1) is 19.5. The summed E-state index contributed by atoms with van der Waals surface area (Å²) in [5.41, 5.74) is 3.50. The second kappa shape index (κ2) is 8.15. The van der Waals surface area contributed by atoms with Crippen LogP contribution in [0.25, 0.3) is 5.70 Å². The molecule has 1 fully saturated rings. The fourth-order valence-electron chi connectivity index (χ4n) is 4.27. The van der Waals surface area contributed by atoms with E-state index in [-0.39, 0.29) is 17.2 Å². The molecule has 5 heteroatoms. The molecule has 0 radical (unpaired) electrons. The van der Waals surface area contributed by atoms with Crippen molar-refractivity contribution in [3.05, 3.63) is 34.9 Å². The SMILES string of the molecule is COc1cc2c(cc1C=NO)/C(=C/C(=O)C1CCCCCC1)NC(C)(C)C2. The molecule has 3 rings (SSSR count). The van der Waals surface area contributed by atoms with E-state index in [9.17, 15) is 4.79 Å². The van der Waals surface area contributed by atoms with Crippen LogP contribution in [0.15, 0.2) is 23.4 Å². The first-order chi connectivity index (χ1) is 12.9. The predicted octanol–water partition coefficient (Wildman–Crippen LogP) is 4.31. The van der Waals surface area contributed by atoms with Gasteiger partial charge in [0.2, 0.25) is 0 Å². The van der Waals surface area contributed by atoms with Crippen molar-refractivity contribution >= 4 is 17.7 Å². The highest BCUT2D eigenvalue weighted by Crippen LogP contribution is 2.35. The van der Waals surface area contributed by atoms with Crippen LogP contribution in [0.3, 0.4) is 0 Å². The first-order valence-corrected chi connectivity index (χ1v) is 9.86. The number of benzene rings is 1. The van der Waals surface area contributed by atoms with Gasteiger partial charge in [0.15, 0.2) is 5.78 Å². The summed E-state index contributed by atoms with van der Waals surface area (Å²) in [6.07, 6.45) is 10.7. The summed E-state index contributed by atoms with van der Waals surface area (Å²) in [5.74, 6) is 1.02. The second-order valence-corrected chi connectivity index (χ2v) is 8.33. The van der Waals surface area contributed by atoms with Crippen molar-refractivity contribution in [3.8, 4) is 5.75 Å². The highest BCUT2D eigenvalue weighted by atomic mass is 16.5. The molecule has 2 N–H and O–H groups in total. The van der Waals surface area contributed by atoms with E-state index in [2.05, 4.69) is 24.3 Å². The molecule has 0 spiro atoms. The number of rotatable bonds is 4. The molecule has 1 aromatic rings. The van der Waals surface area contributed by atoms with Crippen molar-refractivity contribution in [2.45, 2.75) is 64.3 Å². The number of carbonyl (C=O) groups is 1. The fourth-order valence-corrected chi connectivity index (χ4v) is 4.27. The number of nitrogens with zero attached hydrogens (tertiary/aromatic N) is 1. The van der Waals surface area contributed by atoms with Crippen LogP contribution < -0.4 is 10.1 Å². The van der Waals surface area contributed by atoms with Crippen molar-refractivity contribution in [1.82, 2.24) is 5.32 Å². The lowest BCUT2D eigenvalue weighted by Crippen LogP contribution is -2.44. The average molecular weight is 370 g/mol. The van der Waals surface area contributed by atoms with Gasteiger partial charge in [-0.3, -0.25) is 4.79 Å². The van der Waals surface area contributed by atoms with Crippen molar-refractivity contribution in [2.75, 3.05) is 7.11 Å². The zero-order chi connectivity index (χ0) is 19.4. The number of hydrogen-bond donors (Lipinski definition) is 2. The number of methoxy groups -OCH3 is 1. The molecule has 5 nitrogen and oxygen atoms in total. The molecule has 1 heterocycles. The van der Waals surface area contributed by atoms with Crippen LogP contribution in [0.1, 0.15) is 69.1 Å². The molecule has 0 bridgehead atoms. The van der Waals surface area contributed by atoms with Gasteiger partial charge in [0.1, 0.15) is 5.75 Å². The molecule has 0 saturated heterocycles. The molecule has 0 atom stereocenters. The topological polar surface area (TPSA) is 70.9 Å². The van der Waals surface area contributed by atoms with Gasteiger partial charge in [-0.1, -0.05) is 30.8 Å². The van der Waals surface area contributed by atoms with E-state index < -0.39 is 0 Å². The molecule has 0 unspecified atom stereocenters. The Hall–Kier alpha value is -2.30. The van der Waals surface area contributed by atoms with Gasteiger partial charge in [0, 0.05) is 34.4 Å². The minimum atomic E-state index is -0.153. The van der Waals surface area contributed by atoms with Crippen molar-refractivity contribution < 1.29 is 14.7 Å². The first-order valence-electron chi connectivity index (χ1n) is 9.86. The third-order valence-electron chi connectivity index (χ3n) is 5.59. The van der Waals surface area contributed by atoms with E-state index in [0.29, 0.717) is 11.3 Å². The number of nitrogens with one attached hydrogen (secondary N) is 1. The van der Waals surface area contributed by atoms with Crippen LogP contribution in [-0.2, 0) is 11.2 Å². The highest BCUT2D eigenvalue weighted by Gasteiger charge is 2.30. The van der Waals surface area contributed by atoms with Gasteiger partial charge in [0.25, 0.3) is 0 Å². The van der Waals surface area contributed by atoms with E-state index in [1.807, 2.05) is 12.1 Å². The standard InChI is InChI=1S/C22H30N2O3/c1-22(2)13-16-11-21(27-3)17(14-23-26)10-18(16)19(24-22)12-20(25)15-8-6-4-5-7-9-15/h10-12,14-15,24,26H,4-9,13H2,1-3H3/b19-12-,23-14?. The zero-order valence-electron chi connectivity index (χ0n) is 16.5. The lowest BCUT2D eigenvalue weighted by Gasteiger charge is -2.36. The van der Waals surface area contributed by atoms with Crippen LogP contribution in [0.5, 0.6) is 5.75 Å². The maximum absolute atomic E-state index is 13.0. The Bertz CT molecular complexity index is 757. The van der Waals surface area contributed by atoms with Crippen LogP contribution in [0.2, 0.25) is 0 Å². The third kappa shape index (κ3) is 4.52. The fraction of sp³-hybridized carbons (Fsp3) is 0.545. The molecule has 146 valence electrons. The normalized spacial score (nSPS) is 21.5. The molecule has 1 saturated carbocycles. The average Bonchev–Trinajstić information content (AvgIpc) is 2.90. The number of hydrogen-bond acceptors (Lipinski definition) is 5. The lowest BCUT2D eigenvalue weighted by molar-refractivity contribution is -0.118. The summed E-state index contributed by atoms with van der Waals surface area (Å²) in [7, 11) is 1.61. The van der Waals surface area contributed by atoms with Crippen molar-refractivity contribution in [2.24, 2.45) is 11.1 Å². The second-order valence-electron chi connectivity index (χ2n) is 8.33. The van der Waals surface area contributed by atoms with E-state index in [1.54, 1.807) is 13.2 Å². The van der Waals surface area contributed by atoms with Gasteiger partial charge >= 0.3 is 0 Å². The molecule has 1 aliphatic heterocycles. The Morgan fingerprint density at radius 3 is 2.59 bits per heavy atom. The molecule has 27 heavy (non-hydrogen) atoms. The zero-order valence-corrected chi connectivity index (χ0v) is 16.5. The molecule has 0 aromatic heterocycles. The Morgan fingerprint density at radius 1 is 1.26 bits per heavy atom. The number of allylic oxidation sites excluding steroid dienone is 1. The third-order valence-corrected chi connectivity index (χ3v) is 5.59. The molecule has 0 amide bonds. The lowest BCUT2D eigenvalue weighted by atomic mass is 9.84. The Balaban J connectivity index is 2.00. The Morgan fingerprint density at radius 2 is 1.96 bits per heavy atom. The molecule has 2 aliphatic rings. The van der Waals surface area contributed by atoms with E-state index in [1.165, 1.54) is 19.1 Å². The van der Waals surface area contributed by atoms with Crippen LogP contribution in [0.4, 0.5) is 0 Å². The molecule has 1 aliphatic carbocycles. The van der Waals surface area contributed by atoms with E-state index in [0.717, 1.165) is 48.9 Å². The number of fused-ring (bicyclic) bond motifs is 1. The summed E-state index contributed by atoms with van der Waals surface area (Å²) in [4.78, 5) is 13.0. The van der Waals surface area contributed by atoms with Gasteiger partial charge < -0.3 is 15.3 Å². The van der Waals surface area contributed by atoms with E-state index in [4.69, 9.17) is 9.94 Å². The van der Waals surface area contributed by atoms with Crippen molar-refractivity contribution in [3.63, 3.8) is 0 Å². The molecule has 1 aromatic carbocycles. The van der Waals surface area contributed by atoms with Crippen LogP contribution in [0, 0.1) is 5.92 Å². The van der Waals surface area contributed by atoms with Crippen molar-refractivity contribution in [1.29, 1.82) is 0 Å². The van der Waals surface area contributed by atoms with E-state index >= 15 is 0 Å². The van der Waals surface area contributed by atoms with Crippen LogP contribution >= 0.6 is 0 Å². The quantitative estimate of drug-likeness (QED) is 0.272. The number of ketones is 1. The summed E-state index contributed by atoms with van der Waals surface area (Å²) in [5, 5.41) is 15.6.